The Morgan fingerprint density at radius 1 is 1.05 bits per heavy atom. The number of nitrogens with zero attached hydrogens (tertiary/aromatic N) is 2. The van der Waals surface area contributed by atoms with Crippen molar-refractivity contribution >= 4 is 17.7 Å². The summed E-state index contributed by atoms with van der Waals surface area (Å²) in [5.74, 6) is 0.292. The van der Waals surface area contributed by atoms with Crippen molar-refractivity contribution < 1.29 is 18.9 Å². The number of allylic oxidation sites excluding steroid dienone is 2. The summed E-state index contributed by atoms with van der Waals surface area (Å²) >= 11 is 0. The average molecular weight is 527 g/mol. The normalized spacial score (nSPS) is 21.7. The lowest BCUT2D eigenvalue weighted by molar-refractivity contribution is -0.139. The van der Waals surface area contributed by atoms with Gasteiger partial charge in [-0.3, -0.25) is 14.4 Å². The van der Waals surface area contributed by atoms with Gasteiger partial charge in [-0.25, -0.2) is 0 Å². The molecule has 0 spiro atoms. The van der Waals surface area contributed by atoms with Gasteiger partial charge < -0.3 is 20.1 Å². The molecule has 3 unspecified atom stereocenters. The molecule has 4 rings (SSSR count). The van der Waals surface area contributed by atoms with Gasteiger partial charge in [-0.15, -0.1) is 0 Å². The minimum absolute atomic E-state index is 0.00162. The van der Waals surface area contributed by atoms with Crippen molar-refractivity contribution in [2.75, 3.05) is 13.1 Å². The van der Waals surface area contributed by atoms with Crippen LogP contribution in [0.4, 0.5) is 0 Å². The number of piperidine rings is 1. The average Bonchev–Trinajstić information content (AvgIpc) is 3.51. The second kappa shape index (κ2) is 13.9. The smallest absolute Gasteiger partial charge is 0.290 e. The van der Waals surface area contributed by atoms with E-state index in [-0.39, 0.29) is 23.5 Å². The summed E-state index contributed by atoms with van der Waals surface area (Å²) < 4.78 is 5.01. The Bertz CT molecular complexity index is 945. The van der Waals surface area contributed by atoms with Crippen molar-refractivity contribution in [1.82, 2.24) is 20.7 Å². The molecular weight excluding hydrogens is 480 g/mol. The number of rotatable bonds is 10. The zero-order valence-corrected chi connectivity index (χ0v) is 23.3. The van der Waals surface area contributed by atoms with Crippen molar-refractivity contribution in [2.24, 2.45) is 17.8 Å². The van der Waals surface area contributed by atoms with Crippen LogP contribution in [0.3, 0.4) is 0 Å². The van der Waals surface area contributed by atoms with Gasteiger partial charge in [0, 0.05) is 19.2 Å². The SMILES string of the molecule is CCC(C)C(NC(=O)C(CC1CCCCC1)NC(=O)c1ccno1)C(=O)N1CCC(C2=CCCCC2)CC1. The number of aromatic nitrogens is 1. The molecule has 38 heavy (non-hydrogen) atoms. The largest absolute Gasteiger partial charge is 0.351 e. The fourth-order valence-corrected chi connectivity index (χ4v) is 6.39. The quantitative estimate of drug-likeness (QED) is 0.417. The zero-order chi connectivity index (χ0) is 26.9. The molecule has 0 aromatic carbocycles. The molecule has 1 aromatic rings. The Morgan fingerprint density at radius 2 is 1.82 bits per heavy atom. The van der Waals surface area contributed by atoms with Gasteiger partial charge in [-0.2, -0.15) is 0 Å². The highest BCUT2D eigenvalue weighted by molar-refractivity contribution is 5.96. The molecule has 2 aliphatic carbocycles. The summed E-state index contributed by atoms with van der Waals surface area (Å²) in [5, 5.41) is 9.56. The van der Waals surface area contributed by atoms with Crippen LogP contribution >= 0.6 is 0 Å². The van der Waals surface area contributed by atoms with Gasteiger partial charge in [0.05, 0.1) is 6.20 Å². The Labute approximate surface area is 227 Å². The van der Waals surface area contributed by atoms with E-state index < -0.39 is 18.0 Å². The van der Waals surface area contributed by atoms with Crippen LogP contribution in [0.25, 0.3) is 0 Å². The van der Waals surface area contributed by atoms with E-state index in [0.29, 0.717) is 18.3 Å². The Balaban J connectivity index is 1.41. The van der Waals surface area contributed by atoms with Gasteiger partial charge in [0.15, 0.2) is 0 Å². The molecule has 210 valence electrons. The number of amides is 3. The summed E-state index contributed by atoms with van der Waals surface area (Å²) in [4.78, 5) is 42.1. The molecule has 2 heterocycles. The first-order valence-corrected chi connectivity index (χ1v) is 15.0. The molecular formula is C30H46N4O4. The summed E-state index contributed by atoms with van der Waals surface area (Å²) in [5.41, 5.74) is 1.59. The Morgan fingerprint density at radius 3 is 2.45 bits per heavy atom. The second-order valence-electron chi connectivity index (χ2n) is 11.6. The van der Waals surface area contributed by atoms with Crippen LogP contribution in [-0.4, -0.2) is 53.0 Å². The van der Waals surface area contributed by atoms with E-state index in [2.05, 4.69) is 21.9 Å². The van der Waals surface area contributed by atoms with E-state index in [1.54, 1.807) is 5.57 Å². The van der Waals surface area contributed by atoms with Gasteiger partial charge in [0.25, 0.3) is 5.91 Å². The predicted molar refractivity (Wildman–Crippen MR) is 146 cm³/mol. The number of carbonyl (C=O) groups is 3. The van der Waals surface area contributed by atoms with E-state index in [1.807, 2.05) is 18.7 Å². The van der Waals surface area contributed by atoms with Crippen LogP contribution < -0.4 is 10.6 Å². The fraction of sp³-hybridized carbons (Fsp3) is 0.733. The lowest BCUT2D eigenvalue weighted by Crippen LogP contribution is -2.57. The number of carbonyl (C=O) groups excluding carboxylic acids is 3. The topological polar surface area (TPSA) is 105 Å². The molecule has 2 N–H and O–H groups in total. The molecule has 3 amide bonds. The van der Waals surface area contributed by atoms with Crippen LogP contribution in [0, 0.1) is 17.8 Å². The number of hydrogen-bond donors (Lipinski definition) is 2. The molecule has 8 heteroatoms. The molecule has 1 saturated carbocycles. The van der Waals surface area contributed by atoms with Crippen LogP contribution in [0.5, 0.6) is 0 Å². The minimum atomic E-state index is -0.723. The van der Waals surface area contributed by atoms with E-state index in [4.69, 9.17) is 4.52 Å². The van der Waals surface area contributed by atoms with E-state index >= 15 is 0 Å². The van der Waals surface area contributed by atoms with Crippen LogP contribution in [0.2, 0.25) is 0 Å². The molecule has 1 aliphatic heterocycles. The molecule has 1 saturated heterocycles. The summed E-state index contributed by atoms with van der Waals surface area (Å²) in [6.45, 7) is 5.53. The van der Waals surface area contributed by atoms with Crippen molar-refractivity contribution in [3.63, 3.8) is 0 Å². The summed E-state index contributed by atoms with van der Waals surface area (Å²) in [7, 11) is 0. The maximum absolute atomic E-state index is 13.7. The standard InChI is InChI=1S/C30H46N4O4/c1-3-21(2)27(30(37)34-18-15-24(16-19-34)23-12-8-5-9-13-23)33-28(35)25(20-22-10-6-4-7-11-22)32-29(36)26-14-17-31-38-26/h12,14,17,21-22,24-25,27H,3-11,13,15-16,18-20H2,1-2H3,(H,32,36)(H,33,35). The third-order valence-corrected chi connectivity index (χ3v) is 9.01. The van der Waals surface area contributed by atoms with Crippen molar-refractivity contribution in [2.45, 2.75) is 109 Å². The maximum Gasteiger partial charge on any atom is 0.290 e. The van der Waals surface area contributed by atoms with Crippen LogP contribution in [0.1, 0.15) is 108 Å². The maximum atomic E-state index is 13.7. The fourth-order valence-electron chi connectivity index (χ4n) is 6.39. The van der Waals surface area contributed by atoms with Crippen LogP contribution in [-0.2, 0) is 9.59 Å². The summed E-state index contributed by atoms with van der Waals surface area (Å²) in [6, 6.07) is 0.164. The van der Waals surface area contributed by atoms with Gasteiger partial charge in [0.1, 0.15) is 12.1 Å². The zero-order valence-electron chi connectivity index (χ0n) is 23.3. The van der Waals surface area contributed by atoms with E-state index in [1.165, 1.54) is 44.4 Å². The summed E-state index contributed by atoms with van der Waals surface area (Å²) in [6.07, 6.45) is 17.8. The first-order valence-electron chi connectivity index (χ1n) is 15.0. The van der Waals surface area contributed by atoms with Gasteiger partial charge in [-0.1, -0.05) is 69.2 Å². The first-order chi connectivity index (χ1) is 18.5. The minimum Gasteiger partial charge on any atom is -0.351 e. The first kappa shape index (κ1) is 28.4. The van der Waals surface area contributed by atoms with Crippen molar-refractivity contribution in [3.05, 3.63) is 29.7 Å². The van der Waals surface area contributed by atoms with E-state index in [9.17, 15) is 14.4 Å². The highest BCUT2D eigenvalue weighted by Gasteiger charge is 2.35. The highest BCUT2D eigenvalue weighted by Crippen LogP contribution is 2.32. The van der Waals surface area contributed by atoms with Gasteiger partial charge in [0.2, 0.25) is 17.6 Å². The molecule has 8 nitrogen and oxygen atoms in total. The number of nitrogens with one attached hydrogen (secondary N) is 2. The molecule has 1 aromatic heterocycles. The predicted octanol–water partition coefficient (Wildman–Crippen LogP) is 5.01. The molecule has 3 atom stereocenters. The molecule has 0 radical (unpaired) electrons. The monoisotopic (exact) mass is 526 g/mol. The Kier molecular flexibility index (Phi) is 10.4. The van der Waals surface area contributed by atoms with Crippen molar-refractivity contribution in [3.8, 4) is 0 Å². The number of likely N-dealkylation sites (tertiary alicyclic amines) is 1. The van der Waals surface area contributed by atoms with Gasteiger partial charge >= 0.3 is 0 Å². The third kappa shape index (κ3) is 7.48. The molecule has 3 aliphatic rings. The van der Waals surface area contributed by atoms with Crippen molar-refractivity contribution in [1.29, 1.82) is 0 Å². The van der Waals surface area contributed by atoms with Gasteiger partial charge in [-0.05, 0) is 62.7 Å². The molecule has 2 fully saturated rings. The highest BCUT2D eigenvalue weighted by atomic mass is 16.5. The lowest BCUT2D eigenvalue weighted by Gasteiger charge is -2.37. The van der Waals surface area contributed by atoms with Crippen LogP contribution in [0.15, 0.2) is 28.4 Å². The number of hydrogen-bond acceptors (Lipinski definition) is 5. The Hall–Kier alpha value is -2.64. The van der Waals surface area contributed by atoms with E-state index in [0.717, 1.165) is 58.0 Å². The molecule has 0 bridgehead atoms. The lowest BCUT2D eigenvalue weighted by atomic mass is 9.83. The second-order valence-corrected chi connectivity index (χ2v) is 11.6. The third-order valence-electron chi connectivity index (χ3n) is 9.01.